The zero-order chi connectivity index (χ0) is 14.8. The highest BCUT2D eigenvalue weighted by Crippen LogP contribution is 2.11. The number of benzene rings is 1. The Morgan fingerprint density at radius 1 is 1.38 bits per heavy atom. The number of rotatable bonds is 7. The van der Waals surface area contributed by atoms with E-state index in [9.17, 15) is 4.39 Å². The number of halogens is 2. The van der Waals surface area contributed by atoms with Gasteiger partial charge in [-0.1, -0.05) is 6.07 Å². The second-order valence-electron chi connectivity index (χ2n) is 4.20. The van der Waals surface area contributed by atoms with E-state index in [1.807, 2.05) is 6.92 Å². The van der Waals surface area contributed by atoms with E-state index < -0.39 is 5.82 Å². The standard InChI is InChI=1S/C14H22FN3O2.HI/c1-3-16-14(17-6-7-20-2)18-9-11-4-5-13(15)12(8-11)10-19;/h4-5,8,19H,3,6-7,9-10H2,1-2H3,(H2,16,17,18);1H. The van der Waals surface area contributed by atoms with Crippen molar-refractivity contribution in [1.82, 2.24) is 10.6 Å². The van der Waals surface area contributed by atoms with Gasteiger partial charge in [0.15, 0.2) is 5.96 Å². The minimum absolute atomic E-state index is 0. The van der Waals surface area contributed by atoms with E-state index in [2.05, 4.69) is 15.6 Å². The average molecular weight is 411 g/mol. The van der Waals surface area contributed by atoms with E-state index in [4.69, 9.17) is 9.84 Å². The lowest BCUT2D eigenvalue weighted by Crippen LogP contribution is -2.38. The van der Waals surface area contributed by atoms with Gasteiger partial charge in [-0.25, -0.2) is 9.38 Å². The molecule has 21 heavy (non-hydrogen) atoms. The number of methoxy groups -OCH3 is 1. The first-order valence-electron chi connectivity index (χ1n) is 6.60. The second-order valence-corrected chi connectivity index (χ2v) is 4.20. The minimum Gasteiger partial charge on any atom is -0.392 e. The molecule has 0 aliphatic carbocycles. The highest BCUT2D eigenvalue weighted by molar-refractivity contribution is 14.0. The van der Waals surface area contributed by atoms with Gasteiger partial charge in [0.2, 0.25) is 0 Å². The largest absolute Gasteiger partial charge is 0.392 e. The fourth-order valence-corrected chi connectivity index (χ4v) is 1.63. The number of aliphatic imine (C=N–C) groups is 1. The van der Waals surface area contributed by atoms with Crippen LogP contribution in [0.15, 0.2) is 23.2 Å². The van der Waals surface area contributed by atoms with Crippen molar-refractivity contribution in [1.29, 1.82) is 0 Å². The lowest BCUT2D eigenvalue weighted by atomic mass is 10.1. The van der Waals surface area contributed by atoms with E-state index >= 15 is 0 Å². The van der Waals surface area contributed by atoms with Crippen LogP contribution in [0.3, 0.4) is 0 Å². The molecule has 7 heteroatoms. The van der Waals surface area contributed by atoms with Crippen LogP contribution in [0.25, 0.3) is 0 Å². The van der Waals surface area contributed by atoms with Gasteiger partial charge in [-0.05, 0) is 24.6 Å². The van der Waals surface area contributed by atoms with Crippen LogP contribution in [-0.4, -0.2) is 37.9 Å². The maximum atomic E-state index is 13.3. The lowest BCUT2D eigenvalue weighted by Gasteiger charge is -2.11. The van der Waals surface area contributed by atoms with Crippen LogP contribution in [-0.2, 0) is 17.9 Å². The van der Waals surface area contributed by atoms with Crippen molar-refractivity contribution >= 4 is 29.9 Å². The molecule has 0 aliphatic rings. The van der Waals surface area contributed by atoms with Crippen molar-refractivity contribution in [2.45, 2.75) is 20.1 Å². The molecule has 0 fully saturated rings. The summed E-state index contributed by atoms with van der Waals surface area (Å²) in [7, 11) is 1.64. The van der Waals surface area contributed by atoms with Crippen LogP contribution in [0.5, 0.6) is 0 Å². The van der Waals surface area contributed by atoms with Crippen molar-refractivity contribution in [2.24, 2.45) is 4.99 Å². The lowest BCUT2D eigenvalue weighted by molar-refractivity contribution is 0.203. The number of aliphatic hydroxyl groups excluding tert-OH is 1. The van der Waals surface area contributed by atoms with Crippen LogP contribution < -0.4 is 10.6 Å². The van der Waals surface area contributed by atoms with E-state index in [0.29, 0.717) is 25.7 Å². The minimum atomic E-state index is -0.398. The van der Waals surface area contributed by atoms with Crippen LogP contribution >= 0.6 is 24.0 Å². The van der Waals surface area contributed by atoms with E-state index in [1.165, 1.54) is 6.07 Å². The fraction of sp³-hybridized carbons (Fsp3) is 0.500. The van der Waals surface area contributed by atoms with Crippen LogP contribution in [0.4, 0.5) is 4.39 Å². The summed E-state index contributed by atoms with van der Waals surface area (Å²) < 4.78 is 18.2. The van der Waals surface area contributed by atoms with Crippen molar-refractivity contribution in [3.05, 3.63) is 35.1 Å². The SMILES string of the molecule is CCNC(=NCc1ccc(F)c(CO)c1)NCCOC.I. The third kappa shape index (κ3) is 7.58. The quantitative estimate of drug-likeness (QED) is 0.276. The van der Waals surface area contributed by atoms with Crippen LogP contribution in [0, 0.1) is 5.82 Å². The van der Waals surface area contributed by atoms with Gasteiger partial charge in [-0.15, -0.1) is 24.0 Å². The Hall–Kier alpha value is -0.930. The average Bonchev–Trinajstić information content (AvgIpc) is 2.46. The molecule has 5 nitrogen and oxygen atoms in total. The zero-order valence-corrected chi connectivity index (χ0v) is 14.7. The molecule has 0 radical (unpaired) electrons. The summed E-state index contributed by atoms with van der Waals surface area (Å²) in [6.45, 7) is 4.09. The number of ether oxygens (including phenoxy) is 1. The summed E-state index contributed by atoms with van der Waals surface area (Å²) >= 11 is 0. The van der Waals surface area contributed by atoms with Gasteiger partial charge in [-0.2, -0.15) is 0 Å². The first kappa shape index (κ1) is 20.1. The van der Waals surface area contributed by atoms with Gasteiger partial charge in [0.25, 0.3) is 0 Å². The Morgan fingerprint density at radius 2 is 2.14 bits per heavy atom. The summed E-state index contributed by atoms with van der Waals surface area (Å²) in [5.74, 6) is 0.282. The molecule has 1 aromatic rings. The molecular formula is C14H23FIN3O2. The maximum Gasteiger partial charge on any atom is 0.191 e. The summed E-state index contributed by atoms with van der Waals surface area (Å²) in [4.78, 5) is 4.40. The van der Waals surface area contributed by atoms with Gasteiger partial charge in [0, 0.05) is 25.8 Å². The predicted molar refractivity (Wildman–Crippen MR) is 92.4 cm³/mol. The normalized spacial score (nSPS) is 11.0. The number of hydrogen-bond acceptors (Lipinski definition) is 3. The molecule has 0 aliphatic heterocycles. The van der Waals surface area contributed by atoms with Gasteiger partial charge < -0.3 is 20.5 Å². The fourth-order valence-electron chi connectivity index (χ4n) is 1.63. The molecule has 0 aromatic heterocycles. The Morgan fingerprint density at radius 3 is 2.76 bits per heavy atom. The van der Waals surface area contributed by atoms with Gasteiger partial charge in [-0.3, -0.25) is 0 Å². The number of nitrogens with one attached hydrogen (secondary N) is 2. The Bertz CT molecular complexity index is 444. The Kier molecular flexibility index (Phi) is 11.2. The smallest absolute Gasteiger partial charge is 0.191 e. The molecule has 120 valence electrons. The van der Waals surface area contributed by atoms with Crippen molar-refractivity contribution in [2.75, 3.05) is 26.8 Å². The summed E-state index contributed by atoms with van der Waals surface area (Å²) in [5, 5.41) is 15.3. The second kappa shape index (κ2) is 11.7. The van der Waals surface area contributed by atoms with E-state index in [1.54, 1.807) is 19.2 Å². The number of hydrogen-bond donors (Lipinski definition) is 3. The van der Waals surface area contributed by atoms with Gasteiger partial charge >= 0.3 is 0 Å². The molecule has 0 spiro atoms. The molecular weight excluding hydrogens is 388 g/mol. The molecule has 1 aromatic carbocycles. The highest BCUT2D eigenvalue weighted by atomic mass is 127. The third-order valence-electron chi connectivity index (χ3n) is 2.64. The number of aliphatic hydroxyl groups is 1. The number of guanidine groups is 1. The topological polar surface area (TPSA) is 65.9 Å². The van der Waals surface area contributed by atoms with Crippen molar-refractivity contribution in [3.8, 4) is 0 Å². The van der Waals surface area contributed by atoms with Gasteiger partial charge in [0.1, 0.15) is 5.82 Å². The van der Waals surface area contributed by atoms with Crippen molar-refractivity contribution in [3.63, 3.8) is 0 Å². The Labute approximate surface area is 142 Å². The van der Waals surface area contributed by atoms with E-state index in [-0.39, 0.29) is 36.1 Å². The zero-order valence-electron chi connectivity index (χ0n) is 12.4. The summed E-state index contributed by atoms with van der Waals surface area (Å²) in [5.41, 5.74) is 1.13. The molecule has 0 saturated carbocycles. The van der Waals surface area contributed by atoms with Crippen LogP contribution in [0.2, 0.25) is 0 Å². The van der Waals surface area contributed by atoms with Gasteiger partial charge in [0.05, 0.1) is 19.8 Å². The summed E-state index contributed by atoms with van der Waals surface area (Å²) in [6, 6.07) is 4.63. The van der Waals surface area contributed by atoms with Crippen LogP contribution in [0.1, 0.15) is 18.1 Å². The molecule has 0 bridgehead atoms. The van der Waals surface area contributed by atoms with E-state index in [0.717, 1.165) is 12.1 Å². The van der Waals surface area contributed by atoms with Crippen molar-refractivity contribution < 1.29 is 14.2 Å². The molecule has 3 N–H and O–H groups in total. The molecule has 0 saturated heterocycles. The number of nitrogens with zero attached hydrogens (tertiary/aromatic N) is 1. The predicted octanol–water partition coefficient (Wildman–Crippen LogP) is 1.64. The highest BCUT2D eigenvalue weighted by Gasteiger charge is 2.03. The molecule has 1 rings (SSSR count). The monoisotopic (exact) mass is 411 g/mol. The molecule has 0 heterocycles. The first-order valence-corrected chi connectivity index (χ1v) is 6.60. The first-order chi connectivity index (χ1) is 9.71. The summed E-state index contributed by atoms with van der Waals surface area (Å²) in [6.07, 6.45) is 0. The maximum absolute atomic E-state index is 13.3. The molecule has 0 atom stereocenters. The molecule has 0 unspecified atom stereocenters. The third-order valence-corrected chi connectivity index (χ3v) is 2.64. The Balaban J connectivity index is 0.00000400. The molecule has 0 amide bonds.